The molecule has 0 unspecified atom stereocenters. The van der Waals surface area contributed by atoms with Crippen molar-refractivity contribution in [2.24, 2.45) is 0 Å². The molecule has 0 bridgehead atoms. The zero-order valence-electron chi connectivity index (χ0n) is 2.05. The Morgan fingerprint density at radius 3 is 1.25 bits per heavy atom. The van der Waals surface area contributed by atoms with Gasteiger partial charge in [0.25, 0.3) is 0 Å². The average molecular weight is 60.1 g/mol. The largest absolute Gasteiger partial charge is 0.512 e. The monoisotopic (exact) mass is 60.0 g/mol. The van der Waals surface area contributed by atoms with Crippen molar-refractivity contribution >= 4 is 0 Å². The summed E-state index contributed by atoms with van der Waals surface area (Å²) in [5.74, 6) is 0. The Kier molecular flexibility index (Phi) is 1.95. The quantitative estimate of drug-likeness (QED) is 0.401. The topological polar surface area (TPSA) is 40.5 Å². The van der Waals surface area contributed by atoms with Crippen molar-refractivity contribution in [3.8, 4) is 0 Å². The van der Waals surface area contributed by atoms with Gasteiger partial charge in [0.05, 0.1) is 0 Å². The summed E-state index contributed by atoms with van der Waals surface area (Å²) in [5, 5.41) is 14.9. The van der Waals surface area contributed by atoms with Crippen molar-refractivity contribution in [1.29, 1.82) is 0 Å². The van der Waals surface area contributed by atoms with Gasteiger partial charge in [-0.3, -0.25) is 0 Å². The Morgan fingerprint density at radius 1 is 1.00 bits per heavy atom. The predicted octanol–water partition coefficient (Wildman–Crippen LogP) is 0.574. The zero-order chi connectivity index (χ0) is 3.41. The lowest BCUT2D eigenvalue weighted by molar-refractivity contribution is 0.407. The molecule has 2 N–H and O–H groups in total. The van der Waals surface area contributed by atoms with Gasteiger partial charge in [-0.25, -0.2) is 0 Å². The Hall–Kier alpha value is -0.660. The molecule has 2 heteroatoms. The first kappa shape index (κ1) is 3.34. The molecule has 0 spiro atoms. The van der Waals surface area contributed by atoms with E-state index in [0.29, 0.717) is 12.5 Å². The van der Waals surface area contributed by atoms with E-state index < -0.39 is 0 Å². The molecule has 0 atom stereocenters. The molecule has 0 saturated carbocycles. The average Bonchev–Trinajstić information content (AvgIpc) is 1.37. The summed E-state index contributed by atoms with van der Waals surface area (Å²) in [6.45, 7) is 0. The van der Waals surface area contributed by atoms with Gasteiger partial charge in [-0.05, 0) is 0 Å². The Balaban J connectivity index is 2.55. The molecule has 0 aliphatic carbocycles. The fourth-order valence-electron chi connectivity index (χ4n) is 0. The van der Waals surface area contributed by atoms with E-state index in [1.807, 2.05) is 0 Å². The van der Waals surface area contributed by atoms with Gasteiger partial charge in [0.2, 0.25) is 0 Å². The van der Waals surface area contributed by atoms with Crippen LogP contribution in [0, 0.1) is 0 Å². The van der Waals surface area contributed by atoms with Crippen molar-refractivity contribution < 1.29 is 10.2 Å². The van der Waals surface area contributed by atoms with E-state index in [0.717, 1.165) is 0 Å². The van der Waals surface area contributed by atoms with Crippen molar-refractivity contribution in [1.82, 2.24) is 0 Å². The molecule has 0 saturated heterocycles. The van der Waals surface area contributed by atoms with Crippen molar-refractivity contribution in [2.45, 2.75) is 0 Å². The summed E-state index contributed by atoms with van der Waals surface area (Å²) < 4.78 is 0. The molecule has 0 rings (SSSR count). The SMILES string of the molecule is O/C=C\O. The molecule has 0 aromatic heterocycles. The molecule has 0 amide bonds. The van der Waals surface area contributed by atoms with Crippen LogP contribution in [0.2, 0.25) is 0 Å². The summed E-state index contributed by atoms with van der Waals surface area (Å²) in [7, 11) is 0. The maximum Gasteiger partial charge on any atom is 0.113 e. The summed E-state index contributed by atoms with van der Waals surface area (Å²) in [5.41, 5.74) is 0. The van der Waals surface area contributed by atoms with E-state index >= 15 is 0 Å². The molecule has 24 valence electrons. The van der Waals surface area contributed by atoms with Crippen LogP contribution in [0.25, 0.3) is 0 Å². The lowest BCUT2D eigenvalue weighted by Gasteiger charge is -1.55. The van der Waals surface area contributed by atoms with Crippen LogP contribution in [0.15, 0.2) is 12.5 Å². The molecule has 0 aromatic rings. The van der Waals surface area contributed by atoms with Crippen LogP contribution in [0.3, 0.4) is 0 Å². The van der Waals surface area contributed by atoms with Crippen LogP contribution in [0.1, 0.15) is 0 Å². The van der Waals surface area contributed by atoms with E-state index in [1.165, 1.54) is 0 Å². The molecule has 4 heavy (non-hydrogen) atoms. The third-order valence-corrected chi connectivity index (χ3v) is 0.0667. The van der Waals surface area contributed by atoms with E-state index in [-0.39, 0.29) is 0 Å². The standard InChI is InChI=1S/C2H4O2/c3-1-2-4/h1-4H/b2-1-. The van der Waals surface area contributed by atoms with Crippen molar-refractivity contribution in [2.75, 3.05) is 0 Å². The predicted molar refractivity (Wildman–Crippen MR) is 14.4 cm³/mol. The zero-order valence-corrected chi connectivity index (χ0v) is 2.05. The number of hydrogen-bond acceptors (Lipinski definition) is 2. The van der Waals surface area contributed by atoms with Gasteiger partial charge < -0.3 is 10.2 Å². The third kappa shape index (κ3) is 1.34. The Bertz CT molecular complexity index is 19.2. The van der Waals surface area contributed by atoms with E-state index in [2.05, 4.69) is 0 Å². The van der Waals surface area contributed by atoms with Crippen molar-refractivity contribution in [3.63, 3.8) is 0 Å². The van der Waals surface area contributed by atoms with Crippen LogP contribution in [-0.4, -0.2) is 10.2 Å². The molecule has 2 nitrogen and oxygen atoms in total. The minimum absolute atomic E-state index is 0.556. The molecule has 0 heterocycles. The van der Waals surface area contributed by atoms with E-state index in [1.54, 1.807) is 0 Å². The van der Waals surface area contributed by atoms with E-state index in [9.17, 15) is 0 Å². The smallest absolute Gasteiger partial charge is 0.113 e. The second kappa shape index (κ2) is 2.34. The van der Waals surface area contributed by atoms with Gasteiger partial charge in [-0.15, -0.1) is 0 Å². The van der Waals surface area contributed by atoms with Crippen LogP contribution in [-0.2, 0) is 0 Å². The maximum absolute atomic E-state index is 7.44. The molecule has 0 radical (unpaired) electrons. The van der Waals surface area contributed by atoms with E-state index in [4.69, 9.17) is 10.2 Å². The van der Waals surface area contributed by atoms with Gasteiger partial charge in [-0.1, -0.05) is 0 Å². The third-order valence-electron chi connectivity index (χ3n) is 0.0667. The number of hydrogen-bond donors (Lipinski definition) is 2. The Labute approximate surface area is 24.0 Å². The minimum Gasteiger partial charge on any atom is -0.512 e. The molecular formula is C2H4O2. The first-order valence-corrected chi connectivity index (χ1v) is 0.850. The highest BCUT2D eigenvalue weighted by atomic mass is 16.3. The Morgan fingerprint density at radius 2 is 1.25 bits per heavy atom. The van der Waals surface area contributed by atoms with Gasteiger partial charge >= 0.3 is 0 Å². The van der Waals surface area contributed by atoms with Gasteiger partial charge in [0.15, 0.2) is 0 Å². The fourth-order valence-corrected chi connectivity index (χ4v) is 0. The first-order chi connectivity index (χ1) is 1.91. The molecule has 0 fully saturated rings. The van der Waals surface area contributed by atoms with Crippen LogP contribution in [0.4, 0.5) is 0 Å². The maximum atomic E-state index is 7.44. The molecule has 0 aliphatic heterocycles. The summed E-state index contributed by atoms with van der Waals surface area (Å²) in [4.78, 5) is 0. The van der Waals surface area contributed by atoms with Crippen LogP contribution < -0.4 is 0 Å². The van der Waals surface area contributed by atoms with Crippen LogP contribution >= 0.6 is 0 Å². The summed E-state index contributed by atoms with van der Waals surface area (Å²) >= 11 is 0. The number of aliphatic hydroxyl groups is 2. The summed E-state index contributed by atoms with van der Waals surface area (Å²) in [6.07, 6.45) is 1.11. The minimum atomic E-state index is 0.556. The highest BCUT2D eigenvalue weighted by molar-refractivity contribution is 4.49. The first-order valence-electron chi connectivity index (χ1n) is 0.850. The van der Waals surface area contributed by atoms with Crippen molar-refractivity contribution in [3.05, 3.63) is 12.5 Å². The van der Waals surface area contributed by atoms with Crippen LogP contribution in [0.5, 0.6) is 0 Å². The fraction of sp³-hybridized carbons (Fsp3) is 0. The van der Waals surface area contributed by atoms with Gasteiger partial charge in [-0.2, -0.15) is 0 Å². The van der Waals surface area contributed by atoms with Gasteiger partial charge in [0.1, 0.15) is 12.5 Å². The van der Waals surface area contributed by atoms with Gasteiger partial charge in [0, 0.05) is 0 Å². The highest BCUT2D eigenvalue weighted by Crippen LogP contribution is 1.44. The second-order valence-electron chi connectivity index (χ2n) is 0.298. The lowest BCUT2D eigenvalue weighted by Crippen LogP contribution is -1.43. The number of aliphatic hydroxyl groups excluding tert-OH is 2. The summed E-state index contributed by atoms with van der Waals surface area (Å²) in [6, 6.07) is 0. The lowest BCUT2D eigenvalue weighted by atomic mass is 11.1. The second-order valence-corrected chi connectivity index (χ2v) is 0.298. The molecule has 0 aliphatic rings. The highest BCUT2D eigenvalue weighted by Gasteiger charge is 1.36. The molecule has 0 aromatic carbocycles. The normalized spacial score (nSPS) is 9.00. The molecular weight excluding hydrogens is 56.0 g/mol. The number of rotatable bonds is 0.